The van der Waals surface area contributed by atoms with Gasteiger partial charge in [0.15, 0.2) is 5.78 Å². The molecule has 2 aliphatic rings. The first kappa shape index (κ1) is 16.0. The molecule has 0 fully saturated rings. The number of fused-ring (bicyclic) bond motifs is 3. The van der Waals surface area contributed by atoms with Gasteiger partial charge in [0.05, 0.1) is 13.5 Å². The highest BCUT2D eigenvalue weighted by atomic mass is 16.5. The molecule has 0 spiro atoms. The van der Waals surface area contributed by atoms with Crippen LogP contribution in [0.15, 0.2) is 36.4 Å². The van der Waals surface area contributed by atoms with Gasteiger partial charge in [-0.05, 0) is 32.3 Å². The van der Waals surface area contributed by atoms with E-state index in [4.69, 9.17) is 14.2 Å². The third-order valence-electron chi connectivity index (χ3n) is 4.97. The number of hydrogen-bond donors (Lipinski definition) is 0. The Labute approximate surface area is 147 Å². The summed E-state index contributed by atoms with van der Waals surface area (Å²) in [6.07, 6.45) is 1.76. The molecule has 0 N–H and O–H groups in total. The van der Waals surface area contributed by atoms with Crippen LogP contribution in [0.1, 0.15) is 54.3 Å². The molecule has 4 heteroatoms. The smallest absolute Gasteiger partial charge is 0.174 e. The van der Waals surface area contributed by atoms with Crippen molar-refractivity contribution in [2.45, 2.75) is 44.8 Å². The second-order valence-corrected chi connectivity index (χ2v) is 7.27. The first-order valence-corrected chi connectivity index (χ1v) is 8.66. The van der Waals surface area contributed by atoms with Gasteiger partial charge in [0.1, 0.15) is 34.5 Å². The zero-order valence-corrected chi connectivity index (χ0v) is 14.8. The Kier molecular flexibility index (Phi) is 3.71. The summed E-state index contributed by atoms with van der Waals surface area (Å²) >= 11 is 0. The molecular weight excluding hydrogens is 316 g/mol. The van der Waals surface area contributed by atoms with Crippen LogP contribution in [0.2, 0.25) is 0 Å². The van der Waals surface area contributed by atoms with E-state index in [9.17, 15) is 4.79 Å². The number of methoxy groups -OCH3 is 1. The molecule has 1 atom stereocenters. The summed E-state index contributed by atoms with van der Waals surface area (Å²) < 4.78 is 17.9. The first-order chi connectivity index (χ1) is 12.0. The highest BCUT2D eigenvalue weighted by Crippen LogP contribution is 2.49. The summed E-state index contributed by atoms with van der Waals surface area (Å²) in [4.78, 5) is 13.0. The molecular formula is C21H22O4. The van der Waals surface area contributed by atoms with Gasteiger partial charge in [-0.3, -0.25) is 4.79 Å². The predicted octanol–water partition coefficient (Wildman–Crippen LogP) is 4.51. The highest BCUT2D eigenvalue weighted by molar-refractivity contribution is 6.03. The number of ketones is 1. The maximum atomic E-state index is 13.0. The summed E-state index contributed by atoms with van der Waals surface area (Å²) in [5.74, 6) is 1.98. The molecule has 0 bridgehead atoms. The number of carbonyl (C=O) groups is 1. The predicted molar refractivity (Wildman–Crippen MR) is 94.8 cm³/mol. The van der Waals surface area contributed by atoms with Crippen molar-refractivity contribution in [3.8, 4) is 17.2 Å². The fraction of sp³-hybridized carbons (Fsp3) is 0.381. The molecule has 2 aromatic rings. The summed E-state index contributed by atoms with van der Waals surface area (Å²) in [5.41, 5.74) is 2.23. The molecule has 4 nitrogen and oxygen atoms in total. The lowest BCUT2D eigenvalue weighted by molar-refractivity contribution is 0.0715. The van der Waals surface area contributed by atoms with E-state index in [2.05, 4.69) is 0 Å². The number of Topliss-reactive ketones (excluding diaryl/α,β-unsaturated/α-hetero) is 1. The topological polar surface area (TPSA) is 44.8 Å². The fourth-order valence-corrected chi connectivity index (χ4v) is 3.61. The van der Waals surface area contributed by atoms with Crippen LogP contribution >= 0.6 is 0 Å². The quantitative estimate of drug-likeness (QED) is 0.808. The van der Waals surface area contributed by atoms with E-state index in [-0.39, 0.29) is 17.5 Å². The van der Waals surface area contributed by atoms with Gasteiger partial charge in [-0.15, -0.1) is 0 Å². The monoisotopic (exact) mass is 338 g/mol. The molecule has 4 rings (SSSR count). The Morgan fingerprint density at radius 1 is 1.20 bits per heavy atom. The molecule has 25 heavy (non-hydrogen) atoms. The van der Waals surface area contributed by atoms with E-state index in [1.807, 2.05) is 50.2 Å². The van der Waals surface area contributed by atoms with Gasteiger partial charge in [0.2, 0.25) is 0 Å². The molecule has 0 aromatic heterocycles. The molecule has 0 radical (unpaired) electrons. The molecule has 130 valence electrons. The number of hydrogen-bond acceptors (Lipinski definition) is 4. The van der Waals surface area contributed by atoms with Gasteiger partial charge in [0, 0.05) is 11.6 Å². The normalized spacial score (nSPS) is 20.8. The number of ether oxygens (including phenoxy) is 3. The molecule has 0 amide bonds. The summed E-state index contributed by atoms with van der Waals surface area (Å²) in [6.45, 7) is 4.09. The molecule has 0 aliphatic carbocycles. The lowest BCUT2D eigenvalue weighted by Crippen LogP contribution is -2.34. The van der Waals surface area contributed by atoms with Crippen molar-refractivity contribution in [1.29, 1.82) is 0 Å². The van der Waals surface area contributed by atoms with Crippen LogP contribution < -0.4 is 14.2 Å². The molecule has 0 saturated carbocycles. The number of rotatable bonds is 2. The van der Waals surface area contributed by atoms with Gasteiger partial charge in [-0.25, -0.2) is 0 Å². The zero-order chi connectivity index (χ0) is 17.6. The number of carbonyl (C=O) groups excluding carboxylic acids is 1. The van der Waals surface area contributed by atoms with Crippen molar-refractivity contribution in [2.75, 3.05) is 7.11 Å². The minimum absolute atomic E-state index is 0.0618. The van der Waals surface area contributed by atoms with E-state index in [1.54, 1.807) is 7.11 Å². The van der Waals surface area contributed by atoms with Crippen molar-refractivity contribution in [2.24, 2.45) is 0 Å². The van der Waals surface area contributed by atoms with Crippen LogP contribution in [0, 0.1) is 0 Å². The lowest BCUT2D eigenvalue weighted by Gasteiger charge is -2.36. The van der Waals surface area contributed by atoms with Crippen LogP contribution in [0.4, 0.5) is 0 Å². The number of benzene rings is 2. The van der Waals surface area contributed by atoms with Crippen LogP contribution in [0.5, 0.6) is 17.2 Å². The largest absolute Gasteiger partial charge is 0.496 e. The van der Waals surface area contributed by atoms with Gasteiger partial charge >= 0.3 is 0 Å². The van der Waals surface area contributed by atoms with Crippen LogP contribution in [-0.2, 0) is 6.42 Å². The zero-order valence-electron chi connectivity index (χ0n) is 14.8. The molecule has 0 saturated heterocycles. The SMILES string of the molecule is COc1cc2c(c3c1CCC(C)(C)O3)C(=O)CC(c1ccccc1)O2. The first-order valence-electron chi connectivity index (χ1n) is 8.66. The third-order valence-corrected chi connectivity index (χ3v) is 4.97. The maximum Gasteiger partial charge on any atom is 0.174 e. The average Bonchev–Trinajstić information content (AvgIpc) is 2.60. The van der Waals surface area contributed by atoms with Crippen molar-refractivity contribution < 1.29 is 19.0 Å². The maximum absolute atomic E-state index is 13.0. The van der Waals surface area contributed by atoms with E-state index >= 15 is 0 Å². The van der Waals surface area contributed by atoms with Gasteiger partial charge in [-0.2, -0.15) is 0 Å². The third kappa shape index (κ3) is 2.76. The molecule has 2 aliphatic heterocycles. The van der Waals surface area contributed by atoms with Crippen LogP contribution in [0.3, 0.4) is 0 Å². The van der Waals surface area contributed by atoms with Gasteiger partial charge in [0.25, 0.3) is 0 Å². The lowest BCUT2D eigenvalue weighted by atomic mass is 9.88. The van der Waals surface area contributed by atoms with Crippen molar-refractivity contribution in [3.05, 3.63) is 53.1 Å². The minimum atomic E-state index is -0.302. The van der Waals surface area contributed by atoms with Gasteiger partial charge in [-0.1, -0.05) is 30.3 Å². The van der Waals surface area contributed by atoms with Crippen LogP contribution in [-0.4, -0.2) is 18.5 Å². The van der Waals surface area contributed by atoms with Crippen LogP contribution in [0.25, 0.3) is 0 Å². The Balaban J connectivity index is 1.81. The minimum Gasteiger partial charge on any atom is -0.496 e. The van der Waals surface area contributed by atoms with E-state index in [1.165, 1.54) is 0 Å². The van der Waals surface area contributed by atoms with E-state index in [0.29, 0.717) is 23.5 Å². The van der Waals surface area contributed by atoms with Crippen molar-refractivity contribution >= 4 is 5.78 Å². The average molecular weight is 338 g/mol. The van der Waals surface area contributed by atoms with E-state index in [0.717, 1.165) is 29.7 Å². The standard InChI is InChI=1S/C21H22O4/c1-21(2)10-9-14-17(23-3)12-18-19(20(14)25-21)15(22)11-16(24-18)13-7-5-4-6-8-13/h4-8,12,16H,9-11H2,1-3H3. The summed E-state index contributed by atoms with van der Waals surface area (Å²) in [6, 6.07) is 11.7. The Morgan fingerprint density at radius 2 is 1.96 bits per heavy atom. The second kappa shape index (κ2) is 5.80. The van der Waals surface area contributed by atoms with Crippen molar-refractivity contribution in [3.63, 3.8) is 0 Å². The van der Waals surface area contributed by atoms with E-state index < -0.39 is 0 Å². The second-order valence-electron chi connectivity index (χ2n) is 7.27. The Bertz CT molecular complexity index is 824. The molecule has 2 heterocycles. The summed E-state index contributed by atoms with van der Waals surface area (Å²) in [7, 11) is 1.64. The summed E-state index contributed by atoms with van der Waals surface area (Å²) in [5, 5.41) is 0. The van der Waals surface area contributed by atoms with Gasteiger partial charge < -0.3 is 14.2 Å². The molecule has 1 unspecified atom stereocenters. The fourth-order valence-electron chi connectivity index (χ4n) is 3.61. The Morgan fingerprint density at radius 3 is 2.68 bits per heavy atom. The highest BCUT2D eigenvalue weighted by Gasteiger charge is 2.38. The molecule has 2 aromatic carbocycles. The Hall–Kier alpha value is -2.49. The van der Waals surface area contributed by atoms with Crippen molar-refractivity contribution in [1.82, 2.24) is 0 Å².